The van der Waals surface area contributed by atoms with Crippen LogP contribution in [0.4, 0.5) is 0 Å². The highest BCUT2D eigenvalue weighted by molar-refractivity contribution is 6.30. The van der Waals surface area contributed by atoms with E-state index in [2.05, 4.69) is 0 Å². The highest BCUT2D eigenvalue weighted by Gasteiger charge is 2.01. The van der Waals surface area contributed by atoms with Gasteiger partial charge in [-0.15, -0.1) is 0 Å². The van der Waals surface area contributed by atoms with Gasteiger partial charge in [-0.3, -0.25) is 0 Å². The molecule has 0 fully saturated rings. The number of hydrogen-bond donors (Lipinski definition) is 0. The van der Waals surface area contributed by atoms with E-state index in [-0.39, 0.29) is 5.82 Å². The predicted octanol–water partition coefficient (Wildman–Crippen LogP) is 2.88. The Hall–Kier alpha value is -0.425. The number of benzene rings is 1. The highest BCUT2D eigenvalue weighted by atomic mass is 35.5. The fourth-order valence-corrected chi connectivity index (χ4v) is 1.38. The van der Waals surface area contributed by atoms with E-state index >= 15 is 0 Å². The molecule has 1 atom stereocenters. The Bertz CT molecular complexity index is 256. The van der Waals surface area contributed by atoms with Gasteiger partial charge in [0, 0.05) is 5.02 Å². The third kappa shape index (κ3) is 2.00. The Morgan fingerprint density at radius 2 is 2.09 bits per heavy atom. The Kier molecular flexibility index (Phi) is 2.61. The minimum absolute atomic E-state index is 0.0901. The van der Waals surface area contributed by atoms with Crippen molar-refractivity contribution in [3.8, 4) is 0 Å². The molecule has 0 bridgehead atoms. The fourth-order valence-electron chi connectivity index (χ4n) is 1.15. The molecule has 0 nitrogen and oxygen atoms in total. The Labute approximate surface area is 74.0 Å². The monoisotopic (exact) mass is 164 g/mol. The van der Waals surface area contributed by atoms with Crippen molar-refractivity contribution >= 4 is 19.4 Å². The smallest absolute Gasteiger partial charge is 0.0759 e. The van der Waals surface area contributed by atoms with Crippen LogP contribution in [-0.2, 0) is 0 Å². The molecule has 1 aromatic rings. The average molecular weight is 164 g/mol. The molecule has 11 heavy (non-hydrogen) atoms. The molecule has 0 aliphatic rings. The van der Waals surface area contributed by atoms with Crippen LogP contribution in [0.15, 0.2) is 18.2 Å². The summed E-state index contributed by atoms with van der Waals surface area (Å²) in [6.45, 7) is 3.99. The van der Waals surface area contributed by atoms with Crippen LogP contribution in [0.1, 0.15) is 23.9 Å². The zero-order valence-corrected chi connectivity index (χ0v) is 7.52. The summed E-state index contributed by atoms with van der Waals surface area (Å²) in [6, 6.07) is 5.77. The van der Waals surface area contributed by atoms with Gasteiger partial charge >= 0.3 is 0 Å². The number of halogens is 1. The van der Waals surface area contributed by atoms with Gasteiger partial charge in [-0.1, -0.05) is 36.0 Å². The van der Waals surface area contributed by atoms with Crippen molar-refractivity contribution in [3.05, 3.63) is 34.3 Å². The van der Waals surface area contributed by atoms with E-state index in [9.17, 15) is 0 Å². The van der Waals surface area contributed by atoms with Gasteiger partial charge in [-0.05, 0) is 24.6 Å². The van der Waals surface area contributed by atoms with Crippen molar-refractivity contribution in [2.75, 3.05) is 0 Å². The van der Waals surface area contributed by atoms with Crippen molar-refractivity contribution in [1.82, 2.24) is 0 Å². The zero-order valence-electron chi connectivity index (χ0n) is 6.76. The van der Waals surface area contributed by atoms with Crippen molar-refractivity contribution in [3.63, 3.8) is 0 Å². The van der Waals surface area contributed by atoms with Crippen LogP contribution in [0.2, 0.25) is 5.02 Å². The van der Waals surface area contributed by atoms with E-state index in [1.807, 2.05) is 32.0 Å². The lowest BCUT2D eigenvalue weighted by atomic mass is 9.81. The second-order valence-corrected chi connectivity index (χ2v) is 3.23. The van der Waals surface area contributed by atoms with E-state index in [1.165, 1.54) is 0 Å². The van der Waals surface area contributed by atoms with Gasteiger partial charge in [0.2, 0.25) is 0 Å². The maximum absolute atomic E-state index is 5.78. The lowest BCUT2D eigenvalue weighted by Gasteiger charge is -2.09. The fraction of sp³-hybridized carbons (Fsp3) is 0.333. The molecular weight excluding hydrogens is 154 g/mol. The lowest BCUT2D eigenvalue weighted by Crippen LogP contribution is -1.94. The lowest BCUT2D eigenvalue weighted by molar-refractivity contribution is 1.06. The van der Waals surface area contributed by atoms with Gasteiger partial charge in [0.1, 0.15) is 0 Å². The molecule has 1 unspecified atom stereocenters. The Morgan fingerprint density at radius 3 is 2.55 bits per heavy atom. The van der Waals surface area contributed by atoms with E-state index in [1.54, 1.807) is 0 Å². The molecular formula is C9H10BCl. The van der Waals surface area contributed by atoms with Crippen LogP contribution < -0.4 is 0 Å². The molecule has 0 aromatic heterocycles. The average Bonchev–Trinajstić information content (AvgIpc) is 1.85. The molecule has 1 aromatic carbocycles. The summed E-state index contributed by atoms with van der Waals surface area (Å²) in [5, 5.41) is 0.770. The molecule has 0 spiro atoms. The van der Waals surface area contributed by atoms with Crippen LogP contribution in [0.3, 0.4) is 0 Å². The van der Waals surface area contributed by atoms with Crippen molar-refractivity contribution in [1.29, 1.82) is 0 Å². The molecule has 2 heteroatoms. The Morgan fingerprint density at radius 1 is 1.45 bits per heavy atom. The van der Waals surface area contributed by atoms with Crippen LogP contribution in [0, 0.1) is 6.92 Å². The molecule has 56 valence electrons. The van der Waals surface area contributed by atoms with Crippen LogP contribution in [0.5, 0.6) is 0 Å². The number of hydrogen-bond acceptors (Lipinski definition) is 0. The molecule has 0 aliphatic heterocycles. The largest absolute Gasteiger partial charge is 0.0843 e. The van der Waals surface area contributed by atoms with Crippen molar-refractivity contribution < 1.29 is 0 Å². The van der Waals surface area contributed by atoms with Gasteiger partial charge < -0.3 is 0 Å². The molecule has 0 amide bonds. The number of aryl methyl sites for hydroxylation is 1. The zero-order chi connectivity index (χ0) is 8.43. The van der Waals surface area contributed by atoms with Gasteiger partial charge in [-0.2, -0.15) is 0 Å². The highest BCUT2D eigenvalue weighted by Crippen LogP contribution is 2.20. The third-order valence-electron chi connectivity index (χ3n) is 1.72. The van der Waals surface area contributed by atoms with Crippen LogP contribution >= 0.6 is 11.6 Å². The van der Waals surface area contributed by atoms with E-state index in [0.29, 0.717) is 0 Å². The molecule has 0 saturated heterocycles. The minimum atomic E-state index is 0.0901. The van der Waals surface area contributed by atoms with Gasteiger partial charge in [0.05, 0.1) is 7.85 Å². The van der Waals surface area contributed by atoms with E-state index in [4.69, 9.17) is 19.4 Å². The van der Waals surface area contributed by atoms with Gasteiger partial charge in [0.25, 0.3) is 0 Å². The molecule has 2 radical (unpaired) electrons. The quantitative estimate of drug-likeness (QED) is 0.560. The number of rotatable bonds is 1. The normalized spacial score (nSPS) is 13.0. The summed E-state index contributed by atoms with van der Waals surface area (Å²) in [6.07, 6.45) is 0. The Balaban J connectivity index is 3.09. The first-order valence-electron chi connectivity index (χ1n) is 3.63. The summed E-state index contributed by atoms with van der Waals surface area (Å²) >= 11 is 5.78. The van der Waals surface area contributed by atoms with Crippen molar-refractivity contribution in [2.24, 2.45) is 0 Å². The van der Waals surface area contributed by atoms with Crippen LogP contribution in [0.25, 0.3) is 0 Å². The first kappa shape index (κ1) is 8.67. The first-order chi connectivity index (χ1) is 5.11. The van der Waals surface area contributed by atoms with E-state index in [0.717, 1.165) is 16.1 Å². The van der Waals surface area contributed by atoms with Crippen molar-refractivity contribution in [2.45, 2.75) is 19.7 Å². The second kappa shape index (κ2) is 3.31. The molecule has 0 N–H and O–H groups in total. The SMILES string of the molecule is [B]C(C)c1ccc(Cl)cc1C. The van der Waals surface area contributed by atoms with Gasteiger partial charge in [-0.25, -0.2) is 0 Å². The van der Waals surface area contributed by atoms with E-state index < -0.39 is 0 Å². The topological polar surface area (TPSA) is 0 Å². The summed E-state index contributed by atoms with van der Waals surface area (Å²) in [5.41, 5.74) is 2.32. The summed E-state index contributed by atoms with van der Waals surface area (Å²) in [5.74, 6) is 0.0901. The minimum Gasteiger partial charge on any atom is -0.0843 e. The summed E-state index contributed by atoms with van der Waals surface area (Å²) < 4.78 is 0. The maximum atomic E-state index is 5.78. The van der Waals surface area contributed by atoms with Gasteiger partial charge in [0.15, 0.2) is 0 Å². The third-order valence-corrected chi connectivity index (χ3v) is 1.96. The molecule has 0 aliphatic carbocycles. The molecule has 1 rings (SSSR count). The molecule has 0 heterocycles. The summed E-state index contributed by atoms with van der Waals surface area (Å²) in [4.78, 5) is 0. The second-order valence-electron chi connectivity index (χ2n) is 2.79. The van der Waals surface area contributed by atoms with Crippen LogP contribution in [-0.4, -0.2) is 7.85 Å². The molecule has 0 saturated carbocycles. The standard InChI is InChI=1S/C9H10BCl/c1-6-5-8(11)3-4-9(6)7(2)10/h3-5,7H,1-2H3. The maximum Gasteiger partial charge on any atom is 0.0759 e. The predicted molar refractivity (Wildman–Crippen MR) is 50.4 cm³/mol. The first-order valence-corrected chi connectivity index (χ1v) is 4.00. The summed E-state index contributed by atoms with van der Waals surface area (Å²) in [7, 11) is 5.72.